The molecular weight excluding hydrogens is 204 g/mol. The van der Waals surface area contributed by atoms with Crippen molar-refractivity contribution < 1.29 is 14.3 Å². The van der Waals surface area contributed by atoms with Crippen LogP contribution in [0, 0.1) is 0 Å². The second kappa shape index (κ2) is 6.36. The molecule has 0 N–H and O–H groups in total. The summed E-state index contributed by atoms with van der Waals surface area (Å²) in [6.07, 6.45) is 1.34. The molecule has 0 aromatic carbocycles. The summed E-state index contributed by atoms with van der Waals surface area (Å²) in [5.41, 5.74) is -0.361. The largest absolute Gasteiger partial charge is 0.373 e. The first-order valence-corrected chi connectivity index (χ1v) is 5.90. The molecule has 3 heteroatoms. The van der Waals surface area contributed by atoms with E-state index in [1.807, 2.05) is 34.6 Å². The number of ketones is 1. The van der Waals surface area contributed by atoms with Crippen molar-refractivity contribution in [2.24, 2.45) is 0 Å². The van der Waals surface area contributed by atoms with Crippen molar-refractivity contribution in [3.63, 3.8) is 0 Å². The molecule has 0 aliphatic heterocycles. The smallest absolute Gasteiger partial charge is 0.129 e. The van der Waals surface area contributed by atoms with Gasteiger partial charge in [0.15, 0.2) is 0 Å². The van der Waals surface area contributed by atoms with E-state index < -0.39 is 0 Å². The summed E-state index contributed by atoms with van der Waals surface area (Å²) in [5.74, 6) is 0.211. The molecule has 0 aliphatic carbocycles. The molecule has 16 heavy (non-hydrogen) atoms. The molecular formula is C13H26O3. The minimum Gasteiger partial charge on any atom is -0.373 e. The number of hydrogen-bond acceptors (Lipinski definition) is 3. The van der Waals surface area contributed by atoms with Gasteiger partial charge in [-0.1, -0.05) is 0 Å². The summed E-state index contributed by atoms with van der Waals surface area (Å²) in [6, 6.07) is 0. The summed E-state index contributed by atoms with van der Waals surface area (Å²) >= 11 is 0. The number of carbonyl (C=O) groups is 1. The second-order valence-corrected chi connectivity index (χ2v) is 5.77. The van der Waals surface area contributed by atoms with E-state index in [9.17, 15) is 4.79 Å². The van der Waals surface area contributed by atoms with E-state index in [2.05, 4.69) is 0 Å². The highest BCUT2D eigenvalue weighted by Gasteiger charge is 2.19. The highest BCUT2D eigenvalue weighted by molar-refractivity contribution is 5.75. The van der Waals surface area contributed by atoms with Crippen LogP contribution in [0.4, 0.5) is 0 Å². The molecule has 0 saturated heterocycles. The Bertz CT molecular complexity index is 214. The van der Waals surface area contributed by atoms with Crippen molar-refractivity contribution in [3.8, 4) is 0 Å². The van der Waals surface area contributed by atoms with Crippen LogP contribution in [-0.2, 0) is 14.3 Å². The minimum absolute atomic E-state index is 0.118. The summed E-state index contributed by atoms with van der Waals surface area (Å²) in [7, 11) is 0. The number of rotatable bonds is 7. The zero-order valence-electron chi connectivity index (χ0n) is 11.6. The molecule has 0 atom stereocenters. The van der Waals surface area contributed by atoms with Gasteiger partial charge in [-0.2, -0.15) is 0 Å². The maximum Gasteiger partial charge on any atom is 0.129 e. The SMILES string of the molecule is CC(=O)CCC(C)(C)OCCOC(C)(C)C. The Labute approximate surface area is 99.5 Å². The second-order valence-electron chi connectivity index (χ2n) is 5.77. The predicted molar refractivity (Wildman–Crippen MR) is 65.7 cm³/mol. The minimum atomic E-state index is -0.243. The van der Waals surface area contributed by atoms with Crippen molar-refractivity contribution in [1.82, 2.24) is 0 Å². The van der Waals surface area contributed by atoms with Crippen molar-refractivity contribution >= 4 is 5.78 Å². The Balaban J connectivity index is 3.69. The van der Waals surface area contributed by atoms with Crippen LogP contribution in [0.1, 0.15) is 54.4 Å². The maximum absolute atomic E-state index is 10.9. The molecule has 0 aromatic rings. The fourth-order valence-corrected chi connectivity index (χ4v) is 1.22. The Kier molecular flexibility index (Phi) is 6.19. The first kappa shape index (κ1) is 15.6. The van der Waals surface area contributed by atoms with Crippen LogP contribution in [0.2, 0.25) is 0 Å². The molecule has 0 saturated carbocycles. The van der Waals surface area contributed by atoms with Gasteiger partial charge >= 0.3 is 0 Å². The molecule has 0 bridgehead atoms. The van der Waals surface area contributed by atoms with Crippen LogP contribution in [0.25, 0.3) is 0 Å². The molecule has 3 nitrogen and oxygen atoms in total. The number of ether oxygens (including phenoxy) is 2. The van der Waals surface area contributed by atoms with E-state index in [4.69, 9.17) is 9.47 Å². The highest BCUT2D eigenvalue weighted by Crippen LogP contribution is 2.17. The average Bonchev–Trinajstić information content (AvgIpc) is 2.08. The first-order chi connectivity index (χ1) is 7.12. The molecule has 0 heterocycles. The van der Waals surface area contributed by atoms with Crippen molar-refractivity contribution in [2.45, 2.75) is 65.6 Å². The van der Waals surface area contributed by atoms with E-state index in [0.717, 1.165) is 6.42 Å². The van der Waals surface area contributed by atoms with E-state index in [1.165, 1.54) is 0 Å². The molecule has 0 unspecified atom stereocenters. The molecule has 0 spiro atoms. The molecule has 96 valence electrons. The third-order valence-electron chi connectivity index (χ3n) is 2.19. The Morgan fingerprint density at radius 2 is 1.50 bits per heavy atom. The zero-order valence-corrected chi connectivity index (χ0v) is 11.6. The lowest BCUT2D eigenvalue weighted by molar-refractivity contribution is -0.119. The number of hydrogen-bond donors (Lipinski definition) is 0. The fourth-order valence-electron chi connectivity index (χ4n) is 1.22. The van der Waals surface area contributed by atoms with Gasteiger partial charge in [-0.15, -0.1) is 0 Å². The normalized spacial score (nSPS) is 12.9. The lowest BCUT2D eigenvalue weighted by Gasteiger charge is -2.26. The zero-order chi connectivity index (χ0) is 12.8. The Morgan fingerprint density at radius 1 is 1.00 bits per heavy atom. The van der Waals surface area contributed by atoms with Crippen LogP contribution in [-0.4, -0.2) is 30.2 Å². The van der Waals surface area contributed by atoms with Gasteiger partial charge in [-0.05, 0) is 48.0 Å². The number of Topliss-reactive ketones (excluding diaryl/α,β-unsaturated/α-hetero) is 1. The molecule has 0 amide bonds. The molecule has 0 rings (SSSR count). The van der Waals surface area contributed by atoms with E-state index in [0.29, 0.717) is 19.6 Å². The van der Waals surface area contributed by atoms with Crippen molar-refractivity contribution in [3.05, 3.63) is 0 Å². The van der Waals surface area contributed by atoms with Crippen LogP contribution in [0.3, 0.4) is 0 Å². The first-order valence-electron chi connectivity index (χ1n) is 5.90. The van der Waals surface area contributed by atoms with Crippen LogP contribution < -0.4 is 0 Å². The van der Waals surface area contributed by atoms with Crippen LogP contribution in [0.15, 0.2) is 0 Å². The van der Waals surface area contributed by atoms with E-state index in [1.54, 1.807) is 6.92 Å². The molecule has 0 aromatic heterocycles. The fraction of sp³-hybridized carbons (Fsp3) is 0.923. The van der Waals surface area contributed by atoms with Gasteiger partial charge in [0.25, 0.3) is 0 Å². The standard InChI is InChI=1S/C13H26O3/c1-11(14)7-8-13(5,6)16-10-9-15-12(2,3)4/h7-10H2,1-6H3. The molecule has 0 radical (unpaired) electrons. The molecule has 0 aliphatic rings. The van der Waals surface area contributed by atoms with Crippen molar-refractivity contribution in [2.75, 3.05) is 13.2 Å². The third-order valence-corrected chi connectivity index (χ3v) is 2.19. The third kappa shape index (κ3) is 10.1. The monoisotopic (exact) mass is 230 g/mol. The lowest BCUT2D eigenvalue weighted by atomic mass is 10.0. The summed E-state index contributed by atoms with van der Waals surface area (Å²) in [4.78, 5) is 10.9. The molecule has 0 fully saturated rings. The average molecular weight is 230 g/mol. The van der Waals surface area contributed by atoms with Crippen LogP contribution in [0.5, 0.6) is 0 Å². The summed E-state index contributed by atoms with van der Waals surface area (Å²) < 4.78 is 11.3. The summed E-state index contributed by atoms with van der Waals surface area (Å²) in [5, 5.41) is 0. The summed E-state index contributed by atoms with van der Waals surface area (Å²) in [6.45, 7) is 12.9. The van der Waals surface area contributed by atoms with Gasteiger partial charge < -0.3 is 14.3 Å². The van der Waals surface area contributed by atoms with Crippen LogP contribution >= 0.6 is 0 Å². The van der Waals surface area contributed by atoms with Gasteiger partial charge in [0.2, 0.25) is 0 Å². The number of carbonyl (C=O) groups excluding carboxylic acids is 1. The van der Waals surface area contributed by atoms with Crippen molar-refractivity contribution in [1.29, 1.82) is 0 Å². The van der Waals surface area contributed by atoms with Gasteiger partial charge in [0.1, 0.15) is 5.78 Å². The topological polar surface area (TPSA) is 35.5 Å². The highest BCUT2D eigenvalue weighted by atomic mass is 16.5. The van der Waals surface area contributed by atoms with Gasteiger partial charge in [-0.25, -0.2) is 0 Å². The van der Waals surface area contributed by atoms with Gasteiger partial charge in [0, 0.05) is 6.42 Å². The van der Waals surface area contributed by atoms with E-state index >= 15 is 0 Å². The Hall–Kier alpha value is -0.410. The predicted octanol–water partition coefficient (Wildman–Crippen LogP) is 2.97. The van der Waals surface area contributed by atoms with Gasteiger partial charge in [0.05, 0.1) is 24.4 Å². The van der Waals surface area contributed by atoms with E-state index in [-0.39, 0.29) is 17.0 Å². The van der Waals surface area contributed by atoms with Gasteiger partial charge in [-0.3, -0.25) is 0 Å². The Morgan fingerprint density at radius 3 is 1.94 bits per heavy atom. The lowest BCUT2D eigenvalue weighted by Crippen LogP contribution is -2.29. The maximum atomic E-state index is 10.9. The quantitative estimate of drug-likeness (QED) is 0.631.